The van der Waals surface area contributed by atoms with Crippen molar-refractivity contribution in [1.29, 1.82) is 0 Å². The maximum atomic E-state index is 13.7. The zero-order chi connectivity index (χ0) is 16.3. The number of halogens is 6. The molecule has 1 unspecified atom stereocenters. The summed E-state index contributed by atoms with van der Waals surface area (Å²) < 4.78 is 70.5. The lowest BCUT2D eigenvalue weighted by molar-refractivity contribution is -0.294. The lowest BCUT2D eigenvalue weighted by Gasteiger charge is -2.30. The summed E-state index contributed by atoms with van der Waals surface area (Å²) in [6, 6.07) is 1.58. The number of benzene rings is 1. The van der Waals surface area contributed by atoms with Crippen LogP contribution in [-0.4, -0.2) is 25.8 Å². The lowest BCUT2D eigenvalue weighted by atomic mass is 9.99. The van der Waals surface area contributed by atoms with Gasteiger partial charge in [-0.3, -0.25) is 0 Å². The highest BCUT2D eigenvalue weighted by atomic mass is 79.9. The van der Waals surface area contributed by atoms with Gasteiger partial charge in [0.2, 0.25) is 0 Å². The standard InChI is InChI=1S/C13H15BrF5NO/c1-3-6-20-11(12(15,16)13(17,18)19)8-4-5-10(21-2)9(14)7-8/h4-5,7,11,20H,3,6H2,1-2H3. The second kappa shape index (κ2) is 6.91. The zero-order valence-corrected chi connectivity index (χ0v) is 13.0. The van der Waals surface area contributed by atoms with Crippen LogP contribution in [0.15, 0.2) is 22.7 Å². The molecular weight excluding hydrogens is 361 g/mol. The molecule has 0 aliphatic heterocycles. The summed E-state index contributed by atoms with van der Waals surface area (Å²) in [6.45, 7) is 1.72. The number of nitrogens with one attached hydrogen (secondary N) is 1. The lowest BCUT2D eigenvalue weighted by Crippen LogP contribution is -2.48. The fourth-order valence-electron chi connectivity index (χ4n) is 1.77. The first kappa shape index (κ1) is 18.2. The third kappa shape index (κ3) is 4.06. The van der Waals surface area contributed by atoms with Crippen LogP contribution in [0.4, 0.5) is 22.0 Å². The van der Waals surface area contributed by atoms with Crippen molar-refractivity contribution in [3.05, 3.63) is 28.2 Å². The number of methoxy groups -OCH3 is 1. The minimum atomic E-state index is -5.63. The fourth-order valence-corrected chi connectivity index (χ4v) is 2.33. The molecule has 21 heavy (non-hydrogen) atoms. The van der Waals surface area contributed by atoms with Crippen molar-refractivity contribution in [2.45, 2.75) is 31.5 Å². The first-order valence-electron chi connectivity index (χ1n) is 6.16. The Labute approximate surface area is 127 Å². The van der Waals surface area contributed by atoms with Crippen LogP contribution >= 0.6 is 15.9 Å². The van der Waals surface area contributed by atoms with E-state index in [9.17, 15) is 22.0 Å². The van der Waals surface area contributed by atoms with Crippen LogP contribution in [0.1, 0.15) is 24.9 Å². The summed E-state index contributed by atoms with van der Waals surface area (Å²) in [5.41, 5.74) is -0.168. The maximum absolute atomic E-state index is 13.7. The van der Waals surface area contributed by atoms with E-state index in [1.807, 2.05) is 0 Å². The van der Waals surface area contributed by atoms with Crippen molar-refractivity contribution < 1.29 is 26.7 Å². The molecule has 0 radical (unpaired) electrons. The second-order valence-corrected chi connectivity index (χ2v) is 5.26. The number of ether oxygens (including phenoxy) is 1. The Morgan fingerprint density at radius 2 is 1.86 bits per heavy atom. The average Bonchev–Trinajstić information content (AvgIpc) is 2.37. The van der Waals surface area contributed by atoms with Gasteiger partial charge in [-0.15, -0.1) is 0 Å². The SMILES string of the molecule is CCCNC(c1ccc(OC)c(Br)c1)C(F)(F)C(F)(F)F. The Balaban J connectivity index is 3.22. The van der Waals surface area contributed by atoms with Crippen molar-refractivity contribution in [3.8, 4) is 5.75 Å². The van der Waals surface area contributed by atoms with E-state index in [2.05, 4.69) is 21.2 Å². The van der Waals surface area contributed by atoms with Gasteiger partial charge >= 0.3 is 12.1 Å². The molecule has 0 aromatic heterocycles. The number of rotatable bonds is 6. The van der Waals surface area contributed by atoms with Crippen LogP contribution in [0.5, 0.6) is 5.75 Å². The topological polar surface area (TPSA) is 21.3 Å². The van der Waals surface area contributed by atoms with Gasteiger partial charge in [0.05, 0.1) is 11.6 Å². The Kier molecular flexibility index (Phi) is 5.98. The van der Waals surface area contributed by atoms with E-state index < -0.39 is 18.1 Å². The number of hydrogen-bond donors (Lipinski definition) is 1. The summed E-state index contributed by atoms with van der Waals surface area (Å²) in [4.78, 5) is 0. The molecule has 1 aromatic rings. The molecule has 0 spiro atoms. The molecule has 0 aliphatic rings. The first-order chi connectivity index (χ1) is 9.65. The van der Waals surface area contributed by atoms with Gasteiger partial charge in [0.15, 0.2) is 0 Å². The van der Waals surface area contributed by atoms with Crippen molar-refractivity contribution >= 4 is 15.9 Å². The number of hydrogen-bond acceptors (Lipinski definition) is 2. The molecule has 1 aromatic carbocycles. The normalized spacial score (nSPS) is 14.1. The summed E-state index contributed by atoms with van der Waals surface area (Å²) in [7, 11) is 1.37. The van der Waals surface area contributed by atoms with E-state index in [1.165, 1.54) is 25.3 Å². The third-order valence-corrected chi connectivity index (χ3v) is 3.47. The van der Waals surface area contributed by atoms with Crippen LogP contribution in [0, 0.1) is 0 Å². The summed E-state index contributed by atoms with van der Waals surface area (Å²) >= 11 is 3.08. The van der Waals surface area contributed by atoms with Gasteiger partial charge < -0.3 is 10.1 Å². The largest absolute Gasteiger partial charge is 0.496 e. The Hall–Kier alpha value is -0.890. The van der Waals surface area contributed by atoms with Gasteiger partial charge in [-0.25, -0.2) is 0 Å². The minimum absolute atomic E-state index is 0.0417. The number of alkyl halides is 5. The molecule has 1 N–H and O–H groups in total. The van der Waals surface area contributed by atoms with Gasteiger partial charge in [-0.05, 0) is 46.6 Å². The molecule has 0 bridgehead atoms. The van der Waals surface area contributed by atoms with Gasteiger partial charge in [0.1, 0.15) is 11.8 Å². The van der Waals surface area contributed by atoms with Gasteiger partial charge in [-0.2, -0.15) is 22.0 Å². The Bertz CT molecular complexity index is 478. The Morgan fingerprint density at radius 1 is 1.24 bits per heavy atom. The van der Waals surface area contributed by atoms with Crippen molar-refractivity contribution in [1.82, 2.24) is 5.32 Å². The van der Waals surface area contributed by atoms with Crippen LogP contribution in [0.3, 0.4) is 0 Å². The molecule has 120 valence electrons. The molecule has 0 heterocycles. The second-order valence-electron chi connectivity index (χ2n) is 4.40. The summed E-state index contributed by atoms with van der Waals surface area (Å²) in [5, 5.41) is 2.27. The highest BCUT2D eigenvalue weighted by Gasteiger charge is 2.62. The maximum Gasteiger partial charge on any atom is 0.455 e. The van der Waals surface area contributed by atoms with Crippen LogP contribution < -0.4 is 10.1 Å². The third-order valence-electron chi connectivity index (χ3n) is 2.85. The Morgan fingerprint density at radius 3 is 2.29 bits per heavy atom. The van der Waals surface area contributed by atoms with Gasteiger partial charge in [0.25, 0.3) is 0 Å². The first-order valence-corrected chi connectivity index (χ1v) is 6.95. The van der Waals surface area contributed by atoms with Crippen molar-refractivity contribution in [2.75, 3.05) is 13.7 Å². The monoisotopic (exact) mass is 375 g/mol. The molecule has 0 saturated carbocycles. The summed E-state index contributed by atoms with van der Waals surface area (Å²) in [5.74, 6) is -4.53. The summed E-state index contributed by atoms with van der Waals surface area (Å²) in [6.07, 6.45) is -5.20. The van der Waals surface area contributed by atoms with E-state index in [4.69, 9.17) is 4.74 Å². The molecule has 0 amide bonds. The van der Waals surface area contributed by atoms with Crippen molar-refractivity contribution in [3.63, 3.8) is 0 Å². The predicted octanol–water partition coefficient (Wildman–Crippen LogP) is 4.70. The van der Waals surface area contributed by atoms with E-state index in [-0.39, 0.29) is 12.1 Å². The van der Waals surface area contributed by atoms with Crippen LogP contribution in [-0.2, 0) is 0 Å². The van der Waals surface area contributed by atoms with Crippen LogP contribution in [0.25, 0.3) is 0 Å². The highest BCUT2D eigenvalue weighted by molar-refractivity contribution is 9.10. The van der Waals surface area contributed by atoms with Gasteiger partial charge in [-0.1, -0.05) is 13.0 Å². The molecular formula is C13H15BrF5NO. The minimum Gasteiger partial charge on any atom is -0.496 e. The van der Waals surface area contributed by atoms with Crippen molar-refractivity contribution in [2.24, 2.45) is 0 Å². The predicted molar refractivity (Wildman–Crippen MR) is 72.7 cm³/mol. The average molecular weight is 376 g/mol. The highest BCUT2D eigenvalue weighted by Crippen LogP contribution is 2.45. The zero-order valence-electron chi connectivity index (χ0n) is 11.4. The van der Waals surface area contributed by atoms with E-state index in [0.717, 1.165) is 0 Å². The molecule has 1 rings (SSSR count). The quantitative estimate of drug-likeness (QED) is 0.727. The molecule has 0 aliphatic carbocycles. The van der Waals surface area contributed by atoms with Crippen LogP contribution in [0.2, 0.25) is 0 Å². The van der Waals surface area contributed by atoms with Gasteiger partial charge in [0, 0.05) is 0 Å². The smallest absolute Gasteiger partial charge is 0.455 e. The molecule has 0 fully saturated rings. The molecule has 0 saturated heterocycles. The van der Waals surface area contributed by atoms with E-state index in [0.29, 0.717) is 16.6 Å². The van der Waals surface area contributed by atoms with E-state index >= 15 is 0 Å². The molecule has 1 atom stereocenters. The van der Waals surface area contributed by atoms with E-state index in [1.54, 1.807) is 6.92 Å². The fraction of sp³-hybridized carbons (Fsp3) is 0.538. The molecule has 2 nitrogen and oxygen atoms in total. The molecule has 8 heteroatoms.